The molecule has 1 aliphatic rings. The van der Waals surface area contributed by atoms with Crippen LogP contribution >= 0.6 is 12.2 Å². The number of rotatable bonds is 5. The molecule has 0 aromatic heterocycles. The molecule has 1 heterocycles. The molecular weight excluding hydrogens is 374 g/mol. The molecule has 7 heteroatoms. The summed E-state index contributed by atoms with van der Waals surface area (Å²) in [5, 5.41) is 17.4. The Labute approximate surface area is 169 Å². The smallest absolute Gasteiger partial charge is 0.269 e. The van der Waals surface area contributed by atoms with E-state index in [2.05, 4.69) is 36.6 Å². The second-order valence-electron chi connectivity index (χ2n) is 7.09. The summed E-state index contributed by atoms with van der Waals surface area (Å²) in [6.07, 6.45) is 6.21. The molecule has 6 nitrogen and oxygen atoms in total. The Morgan fingerprint density at radius 1 is 1.25 bits per heavy atom. The molecule has 2 aromatic carbocycles. The summed E-state index contributed by atoms with van der Waals surface area (Å²) in [7, 11) is 0. The van der Waals surface area contributed by atoms with Gasteiger partial charge in [0.25, 0.3) is 5.69 Å². The molecule has 2 N–H and O–H groups in total. The van der Waals surface area contributed by atoms with Gasteiger partial charge < -0.3 is 15.4 Å². The Kier molecular flexibility index (Phi) is 5.65. The van der Waals surface area contributed by atoms with Crippen LogP contribution in [0.5, 0.6) is 5.75 Å². The number of hydrogen-bond donors (Lipinski definition) is 2. The van der Waals surface area contributed by atoms with Crippen LogP contribution in [0.15, 0.2) is 42.5 Å². The largest absolute Gasteiger partial charge is 0.483 e. The van der Waals surface area contributed by atoms with Crippen LogP contribution in [0.3, 0.4) is 0 Å². The van der Waals surface area contributed by atoms with Crippen LogP contribution in [0.4, 0.5) is 17.1 Å². The molecule has 0 amide bonds. The van der Waals surface area contributed by atoms with Gasteiger partial charge in [-0.25, -0.2) is 0 Å². The molecule has 1 aliphatic heterocycles. The van der Waals surface area contributed by atoms with Gasteiger partial charge in [-0.15, -0.1) is 0 Å². The van der Waals surface area contributed by atoms with Crippen molar-refractivity contribution in [3.8, 4) is 5.75 Å². The number of ether oxygens (including phenoxy) is 1. The molecule has 3 rings (SSSR count). The summed E-state index contributed by atoms with van der Waals surface area (Å²) in [6.45, 7) is 6.24. The highest BCUT2D eigenvalue weighted by molar-refractivity contribution is 7.80. The SMILES string of the molecule is CCCC1(C)C=Cc2cc(NC(=S)Nc3ccc([N+](=O)[O-])cc3)c(C)cc2O1. The fourth-order valence-corrected chi connectivity index (χ4v) is 3.41. The molecule has 0 spiro atoms. The van der Waals surface area contributed by atoms with E-state index in [0.717, 1.165) is 35.4 Å². The van der Waals surface area contributed by atoms with Gasteiger partial charge >= 0.3 is 0 Å². The van der Waals surface area contributed by atoms with Gasteiger partial charge in [-0.3, -0.25) is 10.1 Å². The minimum atomic E-state index is -0.433. The van der Waals surface area contributed by atoms with Crippen LogP contribution in [-0.2, 0) is 0 Å². The van der Waals surface area contributed by atoms with E-state index in [1.807, 2.05) is 19.1 Å². The molecule has 0 fully saturated rings. The Bertz CT molecular complexity index is 941. The van der Waals surface area contributed by atoms with Crippen molar-refractivity contribution in [2.75, 3.05) is 10.6 Å². The third kappa shape index (κ3) is 4.48. The van der Waals surface area contributed by atoms with Crippen LogP contribution in [-0.4, -0.2) is 15.6 Å². The Morgan fingerprint density at radius 3 is 2.61 bits per heavy atom. The fraction of sp³-hybridized carbons (Fsp3) is 0.286. The van der Waals surface area contributed by atoms with E-state index in [9.17, 15) is 10.1 Å². The van der Waals surface area contributed by atoms with Crippen LogP contribution in [0.25, 0.3) is 6.08 Å². The fourth-order valence-electron chi connectivity index (χ4n) is 3.18. The van der Waals surface area contributed by atoms with E-state index >= 15 is 0 Å². The maximum absolute atomic E-state index is 10.7. The standard InChI is InChI=1S/C21H23N3O3S/c1-4-10-21(3)11-9-15-13-18(14(2)12-19(15)27-21)23-20(28)22-16-5-7-17(8-6-16)24(25)26/h5-9,11-13H,4,10H2,1-3H3,(H2,22,23,28). The zero-order valence-electron chi connectivity index (χ0n) is 16.1. The van der Waals surface area contributed by atoms with E-state index < -0.39 is 4.92 Å². The number of nitrogens with zero attached hydrogens (tertiary/aromatic N) is 1. The first-order chi connectivity index (χ1) is 13.3. The second kappa shape index (κ2) is 7.98. The lowest BCUT2D eigenvalue weighted by atomic mass is 9.95. The Hall–Kier alpha value is -2.93. The quantitative estimate of drug-likeness (QED) is 0.384. The zero-order chi connectivity index (χ0) is 20.3. The Balaban J connectivity index is 1.71. The molecule has 0 radical (unpaired) electrons. The lowest BCUT2D eigenvalue weighted by molar-refractivity contribution is -0.384. The highest BCUT2D eigenvalue weighted by Gasteiger charge is 2.26. The number of anilines is 2. The predicted octanol–water partition coefficient (Wildman–Crippen LogP) is 5.68. The number of benzene rings is 2. The van der Waals surface area contributed by atoms with Crippen molar-refractivity contribution in [3.63, 3.8) is 0 Å². The van der Waals surface area contributed by atoms with Gasteiger partial charge in [-0.05, 0) is 68.4 Å². The number of aryl methyl sites for hydroxylation is 1. The number of nitrogens with one attached hydrogen (secondary N) is 2. The second-order valence-corrected chi connectivity index (χ2v) is 7.49. The van der Waals surface area contributed by atoms with E-state index in [-0.39, 0.29) is 11.3 Å². The molecule has 0 aliphatic carbocycles. The van der Waals surface area contributed by atoms with E-state index in [1.165, 1.54) is 12.1 Å². The molecule has 1 atom stereocenters. The first-order valence-corrected chi connectivity index (χ1v) is 9.56. The van der Waals surface area contributed by atoms with Crippen LogP contribution in [0.2, 0.25) is 0 Å². The van der Waals surface area contributed by atoms with Crippen molar-refractivity contribution in [2.45, 2.75) is 39.2 Å². The van der Waals surface area contributed by atoms with E-state index in [0.29, 0.717) is 10.8 Å². The number of thiocarbonyl (C=S) groups is 1. The molecule has 1 unspecified atom stereocenters. The number of nitro groups is 1. The first kappa shape index (κ1) is 19.8. The molecule has 0 saturated heterocycles. The normalized spacial score (nSPS) is 17.4. The zero-order valence-corrected chi connectivity index (χ0v) is 16.9. The molecule has 0 bridgehead atoms. The number of non-ortho nitro benzene ring substituents is 1. The van der Waals surface area contributed by atoms with Gasteiger partial charge in [-0.1, -0.05) is 19.4 Å². The minimum absolute atomic E-state index is 0.0387. The summed E-state index contributed by atoms with van der Waals surface area (Å²) in [6, 6.07) is 10.1. The predicted molar refractivity (Wildman–Crippen MR) is 117 cm³/mol. The number of fused-ring (bicyclic) bond motifs is 1. The summed E-state index contributed by atoms with van der Waals surface area (Å²) in [5.41, 5.74) is 3.34. The highest BCUT2D eigenvalue weighted by Crippen LogP contribution is 2.36. The number of hydrogen-bond acceptors (Lipinski definition) is 4. The van der Waals surface area contributed by atoms with Gasteiger partial charge in [0.1, 0.15) is 11.4 Å². The van der Waals surface area contributed by atoms with Crippen LogP contribution in [0.1, 0.15) is 37.8 Å². The minimum Gasteiger partial charge on any atom is -0.483 e. The maximum Gasteiger partial charge on any atom is 0.269 e. The van der Waals surface area contributed by atoms with Gasteiger partial charge in [0.2, 0.25) is 0 Å². The molecule has 2 aromatic rings. The van der Waals surface area contributed by atoms with Gasteiger partial charge in [-0.2, -0.15) is 0 Å². The molecular formula is C21H23N3O3S. The van der Waals surface area contributed by atoms with Crippen LogP contribution < -0.4 is 15.4 Å². The molecule has 146 valence electrons. The van der Waals surface area contributed by atoms with Gasteiger partial charge in [0, 0.05) is 29.1 Å². The van der Waals surface area contributed by atoms with E-state index in [4.69, 9.17) is 17.0 Å². The van der Waals surface area contributed by atoms with Gasteiger partial charge in [0.05, 0.1) is 4.92 Å². The summed E-state index contributed by atoms with van der Waals surface area (Å²) < 4.78 is 6.21. The Morgan fingerprint density at radius 2 is 1.96 bits per heavy atom. The van der Waals surface area contributed by atoms with E-state index in [1.54, 1.807) is 12.1 Å². The van der Waals surface area contributed by atoms with Crippen molar-refractivity contribution in [1.29, 1.82) is 0 Å². The maximum atomic E-state index is 10.7. The first-order valence-electron chi connectivity index (χ1n) is 9.15. The molecule has 0 saturated carbocycles. The molecule has 28 heavy (non-hydrogen) atoms. The highest BCUT2D eigenvalue weighted by atomic mass is 32.1. The van der Waals surface area contributed by atoms with Gasteiger partial charge in [0.15, 0.2) is 5.11 Å². The van der Waals surface area contributed by atoms with Crippen molar-refractivity contribution in [1.82, 2.24) is 0 Å². The van der Waals surface area contributed by atoms with Crippen molar-refractivity contribution in [2.24, 2.45) is 0 Å². The lowest BCUT2D eigenvalue weighted by Gasteiger charge is -2.32. The third-order valence-electron chi connectivity index (χ3n) is 4.65. The summed E-state index contributed by atoms with van der Waals surface area (Å²) >= 11 is 5.38. The lowest BCUT2D eigenvalue weighted by Crippen LogP contribution is -2.31. The topological polar surface area (TPSA) is 76.4 Å². The van der Waals surface area contributed by atoms with Crippen LogP contribution in [0, 0.1) is 17.0 Å². The van der Waals surface area contributed by atoms with Crippen molar-refractivity contribution < 1.29 is 9.66 Å². The summed E-state index contributed by atoms with van der Waals surface area (Å²) in [4.78, 5) is 10.3. The average molecular weight is 398 g/mol. The average Bonchev–Trinajstić information content (AvgIpc) is 2.63. The monoisotopic (exact) mass is 397 g/mol. The van der Waals surface area contributed by atoms with Crippen molar-refractivity contribution >= 4 is 40.5 Å². The van der Waals surface area contributed by atoms with Crippen molar-refractivity contribution in [3.05, 3.63) is 63.7 Å². The summed E-state index contributed by atoms with van der Waals surface area (Å²) in [5.74, 6) is 0.871. The number of nitro benzene ring substituents is 1. The third-order valence-corrected chi connectivity index (χ3v) is 4.85.